The van der Waals surface area contributed by atoms with Crippen LogP contribution in [-0.4, -0.2) is 153 Å². The Morgan fingerprint density at radius 1 is 0.491 bits per heavy atom. The van der Waals surface area contributed by atoms with Gasteiger partial charge in [0.1, 0.15) is 42.3 Å². The van der Waals surface area contributed by atoms with Gasteiger partial charge in [-0.15, -0.1) is 0 Å². The molecule has 57 heavy (non-hydrogen) atoms. The highest BCUT2D eigenvalue weighted by Crippen LogP contribution is 2.09. The molecular formula is C33H57N9O15. The van der Waals surface area contributed by atoms with E-state index in [1.54, 1.807) is 13.8 Å². The number of nitrogens with two attached hydrogens (primary N) is 2. The molecule has 0 aliphatic rings. The Morgan fingerprint density at radius 3 is 1.25 bits per heavy atom. The maximum atomic E-state index is 13.5. The van der Waals surface area contributed by atoms with Crippen LogP contribution >= 0.6 is 0 Å². The van der Waals surface area contributed by atoms with Gasteiger partial charge in [-0.05, 0) is 38.0 Å². The van der Waals surface area contributed by atoms with E-state index >= 15 is 0 Å². The molecule has 0 aromatic carbocycles. The van der Waals surface area contributed by atoms with Crippen molar-refractivity contribution in [2.45, 2.75) is 115 Å². The summed E-state index contributed by atoms with van der Waals surface area (Å²) in [6.45, 7) is 4.80. The molecular weight excluding hydrogens is 762 g/mol. The van der Waals surface area contributed by atoms with Crippen LogP contribution in [-0.2, 0) is 47.9 Å². The lowest BCUT2D eigenvalue weighted by Gasteiger charge is -2.28. The highest BCUT2D eigenvalue weighted by molar-refractivity contribution is 5.98. The largest absolute Gasteiger partial charge is 0.481 e. The van der Waals surface area contributed by atoms with Crippen LogP contribution in [0.5, 0.6) is 0 Å². The smallest absolute Gasteiger partial charge is 0.328 e. The number of carboxylic acid groups (broad SMARTS) is 2. The van der Waals surface area contributed by atoms with E-state index in [2.05, 4.69) is 31.9 Å². The summed E-state index contributed by atoms with van der Waals surface area (Å²) in [7, 11) is 0. The van der Waals surface area contributed by atoms with Gasteiger partial charge in [0.2, 0.25) is 47.3 Å². The third-order valence-electron chi connectivity index (χ3n) is 8.02. The number of carbonyl (C=O) groups is 10. The first-order valence-electron chi connectivity index (χ1n) is 17.9. The molecule has 16 N–H and O–H groups in total. The minimum Gasteiger partial charge on any atom is -0.481 e. The van der Waals surface area contributed by atoms with Gasteiger partial charge in [-0.1, -0.05) is 27.7 Å². The molecule has 0 aromatic heterocycles. The molecule has 0 saturated carbocycles. The number of rotatable bonds is 27. The van der Waals surface area contributed by atoms with E-state index in [1.807, 2.05) is 5.32 Å². The lowest BCUT2D eigenvalue weighted by atomic mass is 10.0. The fourth-order valence-corrected chi connectivity index (χ4v) is 4.81. The van der Waals surface area contributed by atoms with Gasteiger partial charge in [-0.3, -0.25) is 43.2 Å². The number of carbonyl (C=O) groups excluding carboxylic acids is 8. The normalized spacial score (nSPS) is 15.3. The van der Waals surface area contributed by atoms with Crippen LogP contribution in [0.2, 0.25) is 0 Å². The number of primary amides is 1. The molecule has 0 aliphatic carbocycles. The van der Waals surface area contributed by atoms with Crippen LogP contribution < -0.4 is 48.7 Å². The summed E-state index contributed by atoms with van der Waals surface area (Å²) < 4.78 is 0. The van der Waals surface area contributed by atoms with Crippen molar-refractivity contribution in [2.24, 2.45) is 23.3 Å². The summed E-state index contributed by atoms with van der Waals surface area (Å²) in [4.78, 5) is 125. The van der Waals surface area contributed by atoms with Gasteiger partial charge in [0.25, 0.3) is 0 Å². The highest BCUT2D eigenvalue weighted by Gasteiger charge is 2.35. The molecule has 0 radical (unpaired) electrons. The molecule has 8 amide bonds. The van der Waals surface area contributed by atoms with Gasteiger partial charge in [0, 0.05) is 12.8 Å². The summed E-state index contributed by atoms with van der Waals surface area (Å²) in [6, 6.07) is -12.2. The van der Waals surface area contributed by atoms with E-state index in [9.17, 15) is 63.3 Å². The van der Waals surface area contributed by atoms with Crippen molar-refractivity contribution in [2.75, 3.05) is 19.8 Å². The number of aliphatic hydroxyl groups excluding tert-OH is 3. The SMILES string of the molecule is CC(C)C[C@H](NC(=O)[C@H](C)N)C(=O)N[C@@H](CO)C(=O)N[C@@H](CO)C(=O)N[C@H](C(=O)N[C@@H](CCC(N)=O)C(=O)N[C@@H](CCC(=O)O)C(=O)N[C@@H](CO)C(=O)O)C(C)C. The van der Waals surface area contributed by atoms with E-state index in [4.69, 9.17) is 21.7 Å². The first-order valence-corrected chi connectivity index (χ1v) is 17.9. The zero-order valence-electron chi connectivity index (χ0n) is 32.4. The van der Waals surface area contributed by atoms with Crippen molar-refractivity contribution in [3.8, 4) is 0 Å². The summed E-state index contributed by atoms with van der Waals surface area (Å²) in [5, 5.41) is 63.0. The number of hydrogen-bond donors (Lipinski definition) is 14. The van der Waals surface area contributed by atoms with Gasteiger partial charge in [-0.25, -0.2) is 4.79 Å². The quantitative estimate of drug-likeness (QED) is 0.0366. The van der Waals surface area contributed by atoms with Crippen molar-refractivity contribution in [1.29, 1.82) is 0 Å². The lowest BCUT2D eigenvalue weighted by Crippen LogP contribution is -2.62. The van der Waals surface area contributed by atoms with E-state index in [-0.39, 0.29) is 12.3 Å². The zero-order valence-corrected chi connectivity index (χ0v) is 32.4. The van der Waals surface area contributed by atoms with Gasteiger partial charge in [0.15, 0.2) is 0 Å². The number of carboxylic acids is 2. The molecule has 0 fully saturated rings. The Balaban J connectivity index is 6.10. The lowest BCUT2D eigenvalue weighted by molar-refractivity contribution is -0.144. The minimum absolute atomic E-state index is 0.102. The molecule has 24 heteroatoms. The Kier molecular flexibility index (Phi) is 23.2. The zero-order chi connectivity index (χ0) is 44.2. The second kappa shape index (κ2) is 25.6. The Bertz CT molecular complexity index is 1440. The van der Waals surface area contributed by atoms with Crippen molar-refractivity contribution < 1.29 is 73.5 Å². The first-order chi connectivity index (χ1) is 26.5. The monoisotopic (exact) mass is 819 g/mol. The summed E-state index contributed by atoms with van der Waals surface area (Å²) >= 11 is 0. The number of aliphatic hydroxyl groups is 3. The molecule has 0 unspecified atom stereocenters. The topological polar surface area (TPSA) is 408 Å². The van der Waals surface area contributed by atoms with E-state index in [0.717, 1.165) is 0 Å². The minimum atomic E-state index is -1.81. The molecule has 0 saturated heterocycles. The molecule has 324 valence electrons. The van der Waals surface area contributed by atoms with Crippen LogP contribution in [0.1, 0.15) is 66.7 Å². The molecule has 0 aliphatic heterocycles. The average molecular weight is 820 g/mol. The van der Waals surface area contributed by atoms with Crippen LogP contribution in [0.15, 0.2) is 0 Å². The maximum absolute atomic E-state index is 13.5. The van der Waals surface area contributed by atoms with Gasteiger partial charge < -0.3 is 74.2 Å². The molecule has 0 spiro atoms. The summed E-state index contributed by atoms with van der Waals surface area (Å²) in [6.07, 6.45) is -2.08. The van der Waals surface area contributed by atoms with E-state index in [1.165, 1.54) is 20.8 Å². The number of hydrogen-bond acceptors (Lipinski definition) is 14. The first kappa shape index (κ1) is 51.5. The van der Waals surface area contributed by atoms with E-state index in [0.29, 0.717) is 0 Å². The maximum Gasteiger partial charge on any atom is 0.328 e. The Hall–Kier alpha value is -5.46. The van der Waals surface area contributed by atoms with Crippen LogP contribution in [0.25, 0.3) is 0 Å². The van der Waals surface area contributed by atoms with E-state index < -0.39 is 159 Å². The predicted octanol–water partition coefficient (Wildman–Crippen LogP) is -6.38. The van der Waals surface area contributed by atoms with Crippen molar-refractivity contribution in [3.63, 3.8) is 0 Å². The third kappa shape index (κ3) is 19.3. The van der Waals surface area contributed by atoms with Crippen molar-refractivity contribution in [1.82, 2.24) is 37.2 Å². The average Bonchev–Trinajstić information content (AvgIpc) is 3.12. The number of nitrogens with one attached hydrogen (secondary N) is 7. The second-order valence-electron chi connectivity index (χ2n) is 13.8. The molecule has 0 bridgehead atoms. The highest BCUT2D eigenvalue weighted by atomic mass is 16.4. The Morgan fingerprint density at radius 2 is 0.860 bits per heavy atom. The fraction of sp³-hybridized carbons (Fsp3) is 0.697. The predicted molar refractivity (Wildman–Crippen MR) is 196 cm³/mol. The summed E-state index contributed by atoms with van der Waals surface area (Å²) in [5.74, 6) is -12.0. The van der Waals surface area contributed by atoms with Gasteiger partial charge >= 0.3 is 11.9 Å². The number of aliphatic carboxylic acids is 2. The van der Waals surface area contributed by atoms with Crippen LogP contribution in [0.3, 0.4) is 0 Å². The van der Waals surface area contributed by atoms with Gasteiger partial charge in [-0.2, -0.15) is 0 Å². The van der Waals surface area contributed by atoms with Crippen molar-refractivity contribution >= 4 is 59.2 Å². The fourth-order valence-electron chi connectivity index (χ4n) is 4.81. The molecule has 0 rings (SSSR count). The third-order valence-corrected chi connectivity index (χ3v) is 8.02. The standard InChI is InChI=1S/C33H57N9O15/c1-14(2)10-19(38-26(49)16(5)34)29(52)39-20(11-43)30(53)40-21(12-44)31(54)42-25(15(3)4)32(55)37-17(6-8-23(35)46)27(50)36-18(7-9-24(47)48)28(51)41-22(13-45)33(56)57/h14-22,25,43-45H,6-13,34H2,1-5H3,(H2,35,46)(H,36,50)(H,37,55)(H,38,49)(H,39,52)(H,40,53)(H,41,51)(H,42,54)(H,47,48)(H,56,57)/t16-,17-,18-,19-,20-,21-,22-,25-/m0/s1. The van der Waals surface area contributed by atoms with Gasteiger partial charge in [0.05, 0.1) is 25.9 Å². The van der Waals surface area contributed by atoms with Crippen LogP contribution in [0.4, 0.5) is 0 Å². The number of amides is 8. The summed E-state index contributed by atoms with van der Waals surface area (Å²) in [5.41, 5.74) is 10.8. The Labute approximate surface area is 328 Å². The van der Waals surface area contributed by atoms with Crippen LogP contribution in [0, 0.1) is 11.8 Å². The molecule has 8 atom stereocenters. The second-order valence-corrected chi connectivity index (χ2v) is 13.8. The molecule has 0 heterocycles. The molecule has 24 nitrogen and oxygen atoms in total. The molecule has 0 aromatic rings. The van der Waals surface area contributed by atoms with Crippen molar-refractivity contribution in [3.05, 3.63) is 0 Å².